The Bertz CT molecular complexity index is 388. The van der Waals surface area contributed by atoms with Crippen molar-refractivity contribution in [2.45, 2.75) is 31.3 Å². The fourth-order valence-electron chi connectivity index (χ4n) is 2.57. The van der Waals surface area contributed by atoms with Crippen LogP contribution in [-0.2, 0) is 4.79 Å². The summed E-state index contributed by atoms with van der Waals surface area (Å²) in [5.74, 6) is -0.921. The number of carboxylic acid groups (broad SMARTS) is 1. The predicted octanol–water partition coefficient (Wildman–Crippen LogP) is 1.63. The Balaban J connectivity index is 2.15. The Labute approximate surface area is 107 Å². The van der Waals surface area contributed by atoms with Crippen molar-refractivity contribution in [1.29, 1.82) is 0 Å². The molecular weight excluding hydrogens is 228 g/mol. The Hall–Kier alpha value is -1.39. The van der Waals surface area contributed by atoms with Crippen molar-refractivity contribution in [2.24, 2.45) is 5.73 Å². The molecule has 0 amide bonds. The van der Waals surface area contributed by atoms with Gasteiger partial charge in [-0.1, -0.05) is 30.3 Å². The van der Waals surface area contributed by atoms with Gasteiger partial charge in [-0.05, 0) is 37.9 Å². The van der Waals surface area contributed by atoms with Crippen LogP contribution in [0, 0.1) is 0 Å². The molecule has 0 aliphatic carbocycles. The van der Waals surface area contributed by atoms with Gasteiger partial charge < -0.3 is 10.8 Å². The maximum atomic E-state index is 10.9. The third-order valence-electron chi connectivity index (χ3n) is 3.56. The number of carbonyl (C=O) groups is 1. The Morgan fingerprint density at radius 3 is 2.44 bits per heavy atom. The molecule has 1 aliphatic rings. The molecular formula is C14H20N2O2. The zero-order valence-corrected chi connectivity index (χ0v) is 10.5. The molecule has 2 atom stereocenters. The highest BCUT2D eigenvalue weighted by molar-refractivity contribution is 5.73. The van der Waals surface area contributed by atoms with Crippen molar-refractivity contribution in [2.75, 3.05) is 13.1 Å². The van der Waals surface area contributed by atoms with Crippen molar-refractivity contribution < 1.29 is 9.90 Å². The van der Waals surface area contributed by atoms with Gasteiger partial charge in [0.25, 0.3) is 0 Å². The molecule has 1 fully saturated rings. The van der Waals surface area contributed by atoms with Crippen LogP contribution in [0.4, 0.5) is 0 Å². The molecule has 3 N–H and O–H groups in total. The number of hydrogen-bond acceptors (Lipinski definition) is 3. The van der Waals surface area contributed by atoms with Gasteiger partial charge in [-0.25, -0.2) is 0 Å². The fraction of sp³-hybridized carbons (Fsp3) is 0.500. The smallest absolute Gasteiger partial charge is 0.320 e. The number of rotatable bonds is 5. The molecule has 0 unspecified atom stereocenters. The van der Waals surface area contributed by atoms with Crippen molar-refractivity contribution in [3.05, 3.63) is 35.9 Å². The lowest BCUT2D eigenvalue weighted by molar-refractivity contribution is -0.139. The van der Waals surface area contributed by atoms with Gasteiger partial charge in [-0.3, -0.25) is 9.69 Å². The average molecular weight is 248 g/mol. The third kappa shape index (κ3) is 3.09. The zero-order valence-electron chi connectivity index (χ0n) is 10.5. The van der Waals surface area contributed by atoms with E-state index in [1.165, 1.54) is 12.8 Å². The van der Waals surface area contributed by atoms with E-state index < -0.39 is 12.0 Å². The summed E-state index contributed by atoms with van der Waals surface area (Å²) in [7, 11) is 0. The van der Waals surface area contributed by atoms with E-state index in [2.05, 4.69) is 17.0 Å². The third-order valence-corrected chi connectivity index (χ3v) is 3.56. The van der Waals surface area contributed by atoms with E-state index in [9.17, 15) is 4.79 Å². The minimum absolute atomic E-state index is 0.125. The van der Waals surface area contributed by atoms with Crippen LogP contribution in [0.3, 0.4) is 0 Å². The van der Waals surface area contributed by atoms with Gasteiger partial charge in [0.2, 0.25) is 0 Å². The minimum atomic E-state index is -0.921. The van der Waals surface area contributed by atoms with E-state index in [0.717, 1.165) is 18.7 Å². The van der Waals surface area contributed by atoms with Crippen molar-refractivity contribution >= 4 is 5.97 Å². The lowest BCUT2D eigenvalue weighted by Gasteiger charge is -2.29. The predicted molar refractivity (Wildman–Crippen MR) is 70.2 cm³/mol. The van der Waals surface area contributed by atoms with E-state index in [1.54, 1.807) is 0 Å². The highest BCUT2D eigenvalue weighted by Gasteiger charge is 2.27. The summed E-state index contributed by atoms with van der Waals surface area (Å²) >= 11 is 0. The topological polar surface area (TPSA) is 66.6 Å². The summed E-state index contributed by atoms with van der Waals surface area (Å²) in [5, 5.41) is 8.98. The van der Waals surface area contributed by atoms with Gasteiger partial charge in [0.1, 0.15) is 6.04 Å². The van der Waals surface area contributed by atoms with Crippen LogP contribution in [-0.4, -0.2) is 35.1 Å². The average Bonchev–Trinajstić information content (AvgIpc) is 2.90. The van der Waals surface area contributed by atoms with Gasteiger partial charge in [0.05, 0.1) is 0 Å². The molecule has 98 valence electrons. The maximum absolute atomic E-state index is 10.9. The summed E-state index contributed by atoms with van der Waals surface area (Å²) in [4.78, 5) is 13.3. The molecule has 1 saturated heterocycles. The molecule has 0 radical (unpaired) electrons. The molecule has 1 heterocycles. The van der Waals surface area contributed by atoms with E-state index in [0.29, 0.717) is 6.42 Å². The molecule has 1 aromatic rings. The molecule has 0 spiro atoms. The SMILES string of the molecule is N[C@@H](C[C@@H](c1ccccc1)N1CCCC1)C(=O)O. The standard InChI is InChI=1S/C14H20N2O2/c15-12(14(17)18)10-13(16-8-4-5-9-16)11-6-2-1-3-7-11/h1-3,6-7,12-13H,4-5,8-10,15H2,(H,17,18)/t12-,13-/m0/s1. The number of likely N-dealkylation sites (tertiary alicyclic amines) is 1. The first-order chi connectivity index (χ1) is 8.68. The molecule has 4 nitrogen and oxygen atoms in total. The van der Waals surface area contributed by atoms with Crippen LogP contribution in [0.2, 0.25) is 0 Å². The van der Waals surface area contributed by atoms with E-state index in [4.69, 9.17) is 10.8 Å². The first-order valence-electron chi connectivity index (χ1n) is 6.46. The largest absolute Gasteiger partial charge is 0.480 e. The second kappa shape index (κ2) is 5.98. The van der Waals surface area contributed by atoms with Gasteiger partial charge in [-0.2, -0.15) is 0 Å². The van der Waals surface area contributed by atoms with E-state index in [1.807, 2.05) is 18.2 Å². The molecule has 4 heteroatoms. The Morgan fingerprint density at radius 1 is 1.28 bits per heavy atom. The second-order valence-electron chi connectivity index (χ2n) is 4.85. The normalized spacial score (nSPS) is 19.6. The first kappa shape index (κ1) is 13.1. The number of nitrogens with two attached hydrogens (primary N) is 1. The summed E-state index contributed by atoms with van der Waals surface area (Å²) in [5.41, 5.74) is 6.86. The number of carboxylic acids is 1. The molecule has 0 aromatic heterocycles. The monoisotopic (exact) mass is 248 g/mol. The van der Waals surface area contributed by atoms with E-state index in [-0.39, 0.29) is 6.04 Å². The molecule has 18 heavy (non-hydrogen) atoms. The van der Waals surface area contributed by atoms with E-state index >= 15 is 0 Å². The minimum Gasteiger partial charge on any atom is -0.480 e. The van der Waals surface area contributed by atoms with Crippen LogP contribution in [0.15, 0.2) is 30.3 Å². The van der Waals surface area contributed by atoms with Crippen LogP contribution in [0.1, 0.15) is 30.9 Å². The number of hydrogen-bond donors (Lipinski definition) is 2. The van der Waals surface area contributed by atoms with Crippen molar-refractivity contribution in [3.8, 4) is 0 Å². The zero-order chi connectivity index (χ0) is 13.0. The van der Waals surface area contributed by atoms with Crippen LogP contribution in [0.5, 0.6) is 0 Å². The highest BCUT2D eigenvalue weighted by atomic mass is 16.4. The summed E-state index contributed by atoms with van der Waals surface area (Å²) in [6.45, 7) is 2.07. The highest BCUT2D eigenvalue weighted by Crippen LogP contribution is 2.28. The molecule has 0 bridgehead atoms. The molecule has 0 saturated carbocycles. The number of benzene rings is 1. The second-order valence-corrected chi connectivity index (χ2v) is 4.85. The molecule has 1 aromatic carbocycles. The first-order valence-corrected chi connectivity index (χ1v) is 6.46. The number of nitrogens with zero attached hydrogens (tertiary/aromatic N) is 1. The van der Waals surface area contributed by atoms with Crippen LogP contribution >= 0.6 is 0 Å². The van der Waals surface area contributed by atoms with Gasteiger partial charge in [0.15, 0.2) is 0 Å². The van der Waals surface area contributed by atoms with Gasteiger partial charge >= 0.3 is 5.97 Å². The van der Waals surface area contributed by atoms with Crippen molar-refractivity contribution in [1.82, 2.24) is 4.90 Å². The lowest BCUT2D eigenvalue weighted by atomic mass is 9.98. The maximum Gasteiger partial charge on any atom is 0.320 e. The molecule has 1 aliphatic heterocycles. The summed E-state index contributed by atoms with van der Waals surface area (Å²) in [6.07, 6.45) is 2.84. The van der Waals surface area contributed by atoms with Gasteiger partial charge in [-0.15, -0.1) is 0 Å². The molecule has 2 rings (SSSR count). The summed E-state index contributed by atoms with van der Waals surface area (Å²) in [6, 6.07) is 9.39. The van der Waals surface area contributed by atoms with Crippen LogP contribution in [0.25, 0.3) is 0 Å². The quantitative estimate of drug-likeness (QED) is 0.831. The Morgan fingerprint density at radius 2 is 1.89 bits per heavy atom. The lowest BCUT2D eigenvalue weighted by Crippen LogP contribution is -2.36. The van der Waals surface area contributed by atoms with Gasteiger partial charge in [0, 0.05) is 6.04 Å². The Kier molecular flexibility index (Phi) is 4.33. The number of aliphatic carboxylic acids is 1. The fourth-order valence-corrected chi connectivity index (χ4v) is 2.57. The van der Waals surface area contributed by atoms with Crippen molar-refractivity contribution in [3.63, 3.8) is 0 Å². The van der Waals surface area contributed by atoms with Crippen LogP contribution < -0.4 is 5.73 Å². The summed E-state index contributed by atoms with van der Waals surface area (Å²) < 4.78 is 0.